The fourth-order valence-electron chi connectivity index (χ4n) is 2.85. The van der Waals surface area contributed by atoms with E-state index >= 15 is 0 Å². The monoisotopic (exact) mass is 227 g/mol. The van der Waals surface area contributed by atoms with E-state index in [0.717, 1.165) is 12.8 Å². The van der Waals surface area contributed by atoms with Crippen molar-refractivity contribution in [2.24, 2.45) is 17.6 Å². The molecule has 2 heteroatoms. The van der Waals surface area contributed by atoms with Gasteiger partial charge in [0.25, 0.3) is 0 Å². The maximum atomic E-state index is 6.11. The summed E-state index contributed by atoms with van der Waals surface area (Å²) in [7, 11) is 0. The summed E-state index contributed by atoms with van der Waals surface area (Å²) in [6, 6.07) is 0.333. The number of nitrogens with two attached hydrogens (primary N) is 1. The highest BCUT2D eigenvalue weighted by Gasteiger charge is 2.45. The largest absolute Gasteiger partial charge is 0.369 e. The topological polar surface area (TPSA) is 35.2 Å². The maximum Gasteiger partial charge on any atom is 0.0662 e. The van der Waals surface area contributed by atoms with Gasteiger partial charge < -0.3 is 10.5 Å². The van der Waals surface area contributed by atoms with Crippen LogP contribution in [0.25, 0.3) is 0 Å². The summed E-state index contributed by atoms with van der Waals surface area (Å²) in [6.45, 7) is 13.2. The van der Waals surface area contributed by atoms with Crippen LogP contribution in [0.15, 0.2) is 0 Å². The zero-order valence-corrected chi connectivity index (χ0v) is 11.8. The van der Waals surface area contributed by atoms with Gasteiger partial charge in [0.2, 0.25) is 0 Å². The van der Waals surface area contributed by atoms with Gasteiger partial charge in [-0.2, -0.15) is 0 Å². The van der Waals surface area contributed by atoms with E-state index in [1.54, 1.807) is 0 Å². The van der Waals surface area contributed by atoms with Crippen LogP contribution in [0, 0.1) is 11.8 Å². The maximum absolute atomic E-state index is 6.11. The van der Waals surface area contributed by atoms with Crippen molar-refractivity contribution >= 4 is 0 Å². The van der Waals surface area contributed by atoms with E-state index in [-0.39, 0.29) is 11.2 Å². The summed E-state index contributed by atoms with van der Waals surface area (Å²) in [6.07, 6.45) is 3.46. The lowest BCUT2D eigenvalue weighted by molar-refractivity contribution is -0.0754. The second kappa shape index (κ2) is 4.66. The van der Waals surface area contributed by atoms with Crippen LogP contribution in [0.5, 0.6) is 0 Å². The van der Waals surface area contributed by atoms with Crippen molar-refractivity contribution in [2.75, 3.05) is 0 Å². The van der Waals surface area contributed by atoms with E-state index in [0.29, 0.717) is 17.9 Å². The molecule has 0 radical (unpaired) electrons. The summed E-state index contributed by atoms with van der Waals surface area (Å²) in [5, 5.41) is 0. The van der Waals surface area contributed by atoms with Gasteiger partial charge in [-0.05, 0) is 58.8 Å². The number of hydrogen-bond acceptors (Lipinski definition) is 2. The molecule has 0 bridgehead atoms. The normalized spacial score (nSPS) is 29.6. The van der Waals surface area contributed by atoms with Crippen molar-refractivity contribution in [3.05, 3.63) is 0 Å². The van der Waals surface area contributed by atoms with Gasteiger partial charge in [0.05, 0.1) is 11.2 Å². The molecular weight excluding hydrogens is 198 g/mol. The van der Waals surface area contributed by atoms with Gasteiger partial charge in [0, 0.05) is 6.04 Å². The van der Waals surface area contributed by atoms with Gasteiger partial charge in [-0.25, -0.2) is 0 Å². The molecule has 1 aliphatic heterocycles. The second-order valence-electron chi connectivity index (χ2n) is 6.85. The molecule has 0 saturated carbocycles. The van der Waals surface area contributed by atoms with Gasteiger partial charge in [0.1, 0.15) is 0 Å². The number of hydrogen-bond donors (Lipinski definition) is 1. The van der Waals surface area contributed by atoms with Gasteiger partial charge in [-0.15, -0.1) is 0 Å². The molecule has 2 unspecified atom stereocenters. The lowest BCUT2D eigenvalue weighted by Gasteiger charge is -2.28. The molecule has 1 saturated heterocycles. The molecule has 2 atom stereocenters. The summed E-state index contributed by atoms with van der Waals surface area (Å²) in [5.41, 5.74) is 6.16. The van der Waals surface area contributed by atoms with Crippen LogP contribution in [-0.2, 0) is 4.74 Å². The Morgan fingerprint density at radius 1 is 1.25 bits per heavy atom. The second-order valence-corrected chi connectivity index (χ2v) is 6.85. The molecule has 0 aromatic heterocycles. The molecule has 1 rings (SSSR count). The molecule has 1 fully saturated rings. The first-order valence-electron chi connectivity index (χ1n) is 6.60. The Balaban J connectivity index is 2.49. The third-order valence-electron chi connectivity index (χ3n) is 3.97. The molecule has 0 aliphatic carbocycles. The average molecular weight is 227 g/mol. The Morgan fingerprint density at radius 3 is 2.19 bits per heavy atom. The molecule has 1 heterocycles. The van der Waals surface area contributed by atoms with Gasteiger partial charge >= 0.3 is 0 Å². The van der Waals surface area contributed by atoms with E-state index in [4.69, 9.17) is 10.5 Å². The Labute approximate surface area is 101 Å². The van der Waals surface area contributed by atoms with E-state index in [1.165, 1.54) is 6.42 Å². The highest BCUT2D eigenvalue weighted by Crippen LogP contribution is 2.44. The lowest BCUT2D eigenvalue weighted by atomic mass is 9.82. The molecule has 2 N–H and O–H groups in total. The molecule has 1 aliphatic rings. The first kappa shape index (κ1) is 14.0. The third kappa shape index (κ3) is 3.46. The predicted molar refractivity (Wildman–Crippen MR) is 69.4 cm³/mol. The summed E-state index contributed by atoms with van der Waals surface area (Å²) in [4.78, 5) is 0. The van der Waals surface area contributed by atoms with Crippen LogP contribution in [0.1, 0.15) is 60.8 Å². The Kier molecular flexibility index (Phi) is 4.07. The zero-order chi connectivity index (χ0) is 12.6. The molecule has 16 heavy (non-hydrogen) atoms. The summed E-state index contributed by atoms with van der Waals surface area (Å²) in [5.74, 6) is 1.23. The smallest absolute Gasteiger partial charge is 0.0662 e. The van der Waals surface area contributed by atoms with Crippen LogP contribution in [0.2, 0.25) is 0 Å². The minimum atomic E-state index is 0.0141. The van der Waals surface area contributed by atoms with Crippen LogP contribution in [0.3, 0.4) is 0 Å². The highest BCUT2D eigenvalue weighted by molar-refractivity contribution is 4.94. The van der Waals surface area contributed by atoms with E-state index in [1.807, 2.05) is 0 Å². The van der Waals surface area contributed by atoms with Gasteiger partial charge in [-0.3, -0.25) is 0 Å². The highest BCUT2D eigenvalue weighted by atomic mass is 16.5. The minimum Gasteiger partial charge on any atom is -0.369 e. The summed E-state index contributed by atoms with van der Waals surface area (Å²) < 4.78 is 6.10. The standard InChI is InChI=1S/C14H29NO/c1-10(2)12(15)8-7-11-9-13(3,4)16-14(11,5)6/h10-12H,7-9,15H2,1-6H3. The number of ether oxygens (including phenoxy) is 1. The third-order valence-corrected chi connectivity index (χ3v) is 3.97. The predicted octanol–water partition coefficient (Wildman–Crippen LogP) is 3.34. The van der Waals surface area contributed by atoms with Crippen molar-refractivity contribution in [1.82, 2.24) is 0 Å². The summed E-state index contributed by atoms with van der Waals surface area (Å²) >= 11 is 0. The first-order chi connectivity index (χ1) is 7.14. The Hall–Kier alpha value is -0.0800. The molecule has 0 amide bonds. The van der Waals surface area contributed by atoms with Crippen molar-refractivity contribution in [1.29, 1.82) is 0 Å². The van der Waals surface area contributed by atoms with Crippen LogP contribution in [0.4, 0.5) is 0 Å². The van der Waals surface area contributed by atoms with Crippen molar-refractivity contribution in [3.63, 3.8) is 0 Å². The zero-order valence-electron chi connectivity index (χ0n) is 11.8. The SMILES string of the molecule is CC(C)C(N)CCC1CC(C)(C)OC1(C)C. The van der Waals surface area contributed by atoms with Gasteiger partial charge in [0.15, 0.2) is 0 Å². The minimum absolute atomic E-state index is 0.0141. The van der Waals surface area contributed by atoms with E-state index < -0.39 is 0 Å². The van der Waals surface area contributed by atoms with E-state index in [9.17, 15) is 0 Å². The molecule has 2 nitrogen and oxygen atoms in total. The van der Waals surface area contributed by atoms with Crippen LogP contribution >= 0.6 is 0 Å². The molecule has 0 aromatic rings. The first-order valence-corrected chi connectivity index (χ1v) is 6.60. The Bertz CT molecular complexity index is 233. The molecule has 0 aromatic carbocycles. The van der Waals surface area contributed by atoms with Crippen molar-refractivity contribution < 1.29 is 4.74 Å². The van der Waals surface area contributed by atoms with Crippen molar-refractivity contribution in [3.8, 4) is 0 Å². The molecule has 96 valence electrons. The van der Waals surface area contributed by atoms with Crippen LogP contribution < -0.4 is 5.73 Å². The molecule has 0 spiro atoms. The van der Waals surface area contributed by atoms with E-state index in [2.05, 4.69) is 41.5 Å². The molecular formula is C14H29NO. The Morgan fingerprint density at radius 2 is 1.81 bits per heavy atom. The fraction of sp³-hybridized carbons (Fsp3) is 1.00. The average Bonchev–Trinajstić information content (AvgIpc) is 2.29. The van der Waals surface area contributed by atoms with Crippen LogP contribution in [-0.4, -0.2) is 17.2 Å². The van der Waals surface area contributed by atoms with Crippen molar-refractivity contribution in [2.45, 2.75) is 78.0 Å². The lowest BCUT2D eigenvalue weighted by Crippen LogP contribution is -2.32. The van der Waals surface area contributed by atoms with Gasteiger partial charge in [-0.1, -0.05) is 13.8 Å². The fourth-order valence-corrected chi connectivity index (χ4v) is 2.85. The quantitative estimate of drug-likeness (QED) is 0.799. The number of rotatable bonds is 4.